The summed E-state index contributed by atoms with van der Waals surface area (Å²) >= 11 is 0. The maximum absolute atomic E-state index is 12.8. The van der Waals surface area contributed by atoms with E-state index < -0.39 is 26.0 Å². The van der Waals surface area contributed by atoms with Gasteiger partial charge in [0.05, 0.1) is 0 Å². The number of carbonyl (C=O) groups excluding carboxylic acids is 1. The standard InChI is InChI=1S/C30H26NO4P/c32-29(33)28(20-36(21-11-3-1-4-12-21)22-13-5-2-6-14-22)31-30(34)35-19-27-25-17-9-7-15-23(25)24-16-8-10-18-26(24)27/h1-18,27-28H,19-20H2,(H,31,34)(H,32,33)/t28-/m0/s1. The Bertz CT molecular complexity index is 1270. The molecule has 0 heterocycles. The van der Waals surface area contributed by atoms with Crippen LogP contribution in [0.15, 0.2) is 109 Å². The Kier molecular flexibility index (Phi) is 7.11. The van der Waals surface area contributed by atoms with E-state index in [9.17, 15) is 14.7 Å². The molecule has 5 nitrogen and oxygen atoms in total. The number of ether oxygens (including phenoxy) is 1. The second-order valence-electron chi connectivity index (χ2n) is 8.64. The fourth-order valence-electron chi connectivity index (χ4n) is 4.73. The Morgan fingerprint density at radius 3 is 1.72 bits per heavy atom. The molecular weight excluding hydrogens is 469 g/mol. The zero-order valence-corrected chi connectivity index (χ0v) is 20.5. The van der Waals surface area contributed by atoms with E-state index in [4.69, 9.17) is 4.74 Å². The molecule has 6 heteroatoms. The molecule has 5 rings (SSSR count). The molecular formula is C30H26NO4P. The molecule has 0 fully saturated rings. The maximum atomic E-state index is 12.8. The van der Waals surface area contributed by atoms with Gasteiger partial charge in [-0.3, -0.25) is 0 Å². The molecule has 0 spiro atoms. The van der Waals surface area contributed by atoms with Crippen molar-refractivity contribution < 1.29 is 19.4 Å². The summed E-state index contributed by atoms with van der Waals surface area (Å²) in [6.45, 7) is 0.137. The van der Waals surface area contributed by atoms with Gasteiger partial charge in [-0.1, -0.05) is 109 Å². The Hall–Kier alpha value is -3.95. The minimum Gasteiger partial charge on any atom is -0.480 e. The summed E-state index contributed by atoms with van der Waals surface area (Å²) in [6, 6.07) is 34.8. The summed E-state index contributed by atoms with van der Waals surface area (Å²) in [7, 11) is -0.992. The average Bonchev–Trinajstić information content (AvgIpc) is 3.24. The summed E-state index contributed by atoms with van der Waals surface area (Å²) in [4.78, 5) is 25.0. The summed E-state index contributed by atoms with van der Waals surface area (Å²) in [5, 5.41) is 14.7. The van der Waals surface area contributed by atoms with E-state index in [0.717, 1.165) is 32.9 Å². The predicted octanol–water partition coefficient (Wildman–Crippen LogP) is 5.11. The minimum absolute atomic E-state index is 0.0859. The third-order valence-corrected chi connectivity index (χ3v) is 9.01. The van der Waals surface area contributed by atoms with Gasteiger partial charge in [-0.2, -0.15) is 0 Å². The largest absolute Gasteiger partial charge is 0.480 e. The van der Waals surface area contributed by atoms with Crippen LogP contribution in [0.1, 0.15) is 17.0 Å². The molecule has 0 radical (unpaired) electrons. The molecule has 0 unspecified atom stereocenters. The number of fused-ring (bicyclic) bond motifs is 3. The van der Waals surface area contributed by atoms with Crippen molar-refractivity contribution in [2.45, 2.75) is 12.0 Å². The molecule has 0 saturated heterocycles. The quantitative estimate of drug-likeness (QED) is 0.333. The number of carboxylic acids is 1. The predicted molar refractivity (Wildman–Crippen MR) is 144 cm³/mol. The lowest BCUT2D eigenvalue weighted by Gasteiger charge is -2.23. The van der Waals surface area contributed by atoms with Gasteiger partial charge in [0.25, 0.3) is 0 Å². The summed E-state index contributed by atoms with van der Waals surface area (Å²) in [5.74, 6) is -1.17. The van der Waals surface area contributed by atoms with Crippen molar-refractivity contribution in [1.29, 1.82) is 0 Å². The lowest BCUT2D eigenvalue weighted by atomic mass is 9.98. The highest BCUT2D eigenvalue weighted by Gasteiger charge is 2.30. The first-order valence-electron chi connectivity index (χ1n) is 11.8. The van der Waals surface area contributed by atoms with Crippen LogP contribution >= 0.6 is 7.92 Å². The number of alkyl carbamates (subject to hydrolysis) is 1. The number of amides is 1. The molecule has 36 heavy (non-hydrogen) atoms. The lowest BCUT2D eigenvalue weighted by molar-refractivity contribution is -0.138. The number of hydrogen-bond acceptors (Lipinski definition) is 3. The van der Waals surface area contributed by atoms with E-state index >= 15 is 0 Å². The second kappa shape index (κ2) is 10.8. The molecule has 1 amide bonds. The maximum Gasteiger partial charge on any atom is 0.407 e. The monoisotopic (exact) mass is 495 g/mol. The first-order chi connectivity index (χ1) is 17.6. The van der Waals surface area contributed by atoms with Gasteiger partial charge in [-0.15, -0.1) is 0 Å². The molecule has 4 aromatic carbocycles. The van der Waals surface area contributed by atoms with Crippen LogP contribution < -0.4 is 15.9 Å². The van der Waals surface area contributed by atoms with Crippen LogP contribution in [0, 0.1) is 0 Å². The number of rotatable bonds is 8. The smallest absolute Gasteiger partial charge is 0.407 e. The minimum atomic E-state index is -1.08. The number of carbonyl (C=O) groups is 2. The number of hydrogen-bond donors (Lipinski definition) is 2. The average molecular weight is 496 g/mol. The van der Waals surface area contributed by atoms with Gasteiger partial charge in [-0.05, 0) is 40.8 Å². The van der Waals surface area contributed by atoms with Crippen LogP contribution in [0.4, 0.5) is 4.79 Å². The Morgan fingerprint density at radius 2 is 1.22 bits per heavy atom. The first kappa shape index (κ1) is 23.8. The van der Waals surface area contributed by atoms with Crippen molar-refractivity contribution >= 4 is 30.6 Å². The number of benzene rings is 4. The zero-order valence-electron chi connectivity index (χ0n) is 19.6. The van der Waals surface area contributed by atoms with Gasteiger partial charge in [0.1, 0.15) is 12.6 Å². The van der Waals surface area contributed by atoms with E-state index in [1.165, 1.54) is 0 Å². The summed E-state index contributed by atoms with van der Waals surface area (Å²) in [6.07, 6.45) is -0.455. The van der Waals surface area contributed by atoms with Gasteiger partial charge in [0.15, 0.2) is 0 Å². The Labute approximate surface area is 211 Å². The molecule has 1 aliphatic rings. The number of nitrogens with one attached hydrogen (secondary N) is 1. The molecule has 0 aromatic heterocycles. The van der Waals surface area contributed by atoms with Crippen LogP contribution in [-0.2, 0) is 9.53 Å². The van der Waals surface area contributed by atoms with E-state index in [-0.39, 0.29) is 18.7 Å². The van der Waals surface area contributed by atoms with Crippen LogP contribution in [0.3, 0.4) is 0 Å². The fraction of sp³-hybridized carbons (Fsp3) is 0.133. The summed E-state index contributed by atoms with van der Waals surface area (Å²) in [5.41, 5.74) is 4.50. The van der Waals surface area contributed by atoms with Crippen molar-refractivity contribution in [3.8, 4) is 11.1 Å². The normalized spacial score (nSPS) is 13.0. The van der Waals surface area contributed by atoms with Crippen molar-refractivity contribution in [1.82, 2.24) is 5.32 Å². The SMILES string of the molecule is O=C(N[C@@H](CP(c1ccccc1)c1ccccc1)C(=O)O)OCC1c2ccccc2-c2ccccc21. The van der Waals surface area contributed by atoms with Crippen molar-refractivity contribution in [2.75, 3.05) is 12.8 Å². The molecule has 180 valence electrons. The molecule has 1 aliphatic carbocycles. The number of aliphatic carboxylic acids is 1. The van der Waals surface area contributed by atoms with E-state index in [0.29, 0.717) is 0 Å². The third kappa shape index (κ3) is 5.02. The topological polar surface area (TPSA) is 75.6 Å². The molecule has 0 aliphatic heterocycles. The van der Waals surface area contributed by atoms with Gasteiger partial charge in [0.2, 0.25) is 0 Å². The van der Waals surface area contributed by atoms with E-state index in [2.05, 4.69) is 17.4 Å². The van der Waals surface area contributed by atoms with Gasteiger partial charge in [0, 0.05) is 12.1 Å². The van der Waals surface area contributed by atoms with Crippen LogP contribution in [0.5, 0.6) is 0 Å². The molecule has 4 aromatic rings. The van der Waals surface area contributed by atoms with Gasteiger partial charge in [-0.25, -0.2) is 9.59 Å². The highest BCUT2D eigenvalue weighted by Crippen LogP contribution is 2.44. The van der Waals surface area contributed by atoms with E-state index in [1.807, 2.05) is 97.1 Å². The van der Waals surface area contributed by atoms with Gasteiger partial charge >= 0.3 is 12.1 Å². The first-order valence-corrected chi connectivity index (χ1v) is 13.4. The van der Waals surface area contributed by atoms with Crippen LogP contribution in [-0.4, -0.2) is 36.0 Å². The Balaban J connectivity index is 1.30. The zero-order chi connectivity index (χ0) is 24.9. The van der Waals surface area contributed by atoms with Crippen molar-refractivity contribution in [2.24, 2.45) is 0 Å². The third-order valence-electron chi connectivity index (χ3n) is 6.43. The van der Waals surface area contributed by atoms with Crippen LogP contribution in [0.25, 0.3) is 11.1 Å². The highest BCUT2D eigenvalue weighted by atomic mass is 31.1. The summed E-state index contributed by atoms with van der Waals surface area (Å²) < 4.78 is 5.61. The molecule has 0 saturated carbocycles. The van der Waals surface area contributed by atoms with Crippen molar-refractivity contribution in [3.63, 3.8) is 0 Å². The van der Waals surface area contributed by atoms with Crippen LogP contribution in [0.2, 0.25) is 0 Å². The molecule has 2 N–H and O–H groups in total. The lowest BCUT2D eigenvalue weighted by Crippen LogP contribution is -2.44. The second-order valence-corrected chi connectivity index (χ2v) is 10.9. The van der Waals surface area contributed by atoms with Gasteiger partial charge < -0.3 is 15.2 Å². The number of carboxylic acid groups (broad SMARTS) is 1. The molecule has 1 atom stereocenters. The van der Waals surface area contributed by atoms with Crippen molar-refractivity contribution in [3.05, 3.63) is 120 Å². The fourth-order valence-corrected chi connectivity index (χ4v) is 7.12. The molecule has 0 bridgehead atoms. The Morgan fingerprint density at radius 1 is 0.750 bits per heavy atom. The highest BCUT2D eigenvalue weighted by molar-refractivity contribution is 7.73. The van der Waals surface area contributed by atoms with E-state index in [1.54, 1.807) is 0 Å².